The van der Waals surface area contributed by atoms with Crippen LogP contribution >= 0.6 is 11.3 Å². The van der Waals surface area contributed by atoms with E-state index in [0.717, 1.165) is 0 Å². The summed E-state index contributed by atoms with van der Waals surface area (Å²) < 4.78 is 0. The highest BCUT2D eigenvalue weighted by Crippen LogP contribution is 2.14. The fourth-order valence-electron chi connectivity index (χ4n) is 1.26. The summed E-state index contributed by atoms with van der Waals surface area (Å²) in [5.41, 5.74) is 1.23. The third kappa shape index (κ3) is 4.44. The van der Waals surface area contributed by atoms with Crippen LogP contribution in [0.15, 0.2) is 16.8 Å². The van der Waals surface area contributed by atoms with Gasteiger partial charge in [0.25, 0.3) is 0 Å². The summed E-state index contributed by atoms with van der Waals surface area (Å²) in [6.07, 6.45) is 0. The van der Waals surface area contributed by atoms with Crippen molar-refractivity contribution in [2.75, 3.05) is 6.54 Å². The first kappa shape index (κ1) is 12.2. The number of rotatable bonds is 5. The lowest BCUT2D eigenvalue weighted by molar-refractivity contribution is -0.120. The molecular weight excluding hydrogens is 208 g/mol. The van der Waals surface area contributed by atoms with E-state index in [9.17, 15) is 4.79 Å². The fourth-order valence-corrected chi connectivity index (χ4v) is 2.01. The summed E-state index contributed by atoms with van der Waals surface area (Å²) in [6.45, 7) is 6.35. The predicted molar refractivity (Wildman–Crippen MR) is 64.0 cm³/mol. The van der Waals surface area contributed by atoms with Crippen LogP contribution < -0.4 is 10.6 Å². The third-order valence-corrected chi connectivity index (χ3v) is 2.76. The van der Waals surface area contributed by atoms with Crippen LogP contribution in [0.2, 0.25) is 0 Å². The summed E-state index contributed by atoms with van der Waals surface area (Å²) in [5, 5.41) is 10.2. The van der Waals surface area contributed by atoms with Crippen molar-refractivity contribution in [3.05, 3.63) is 22.4 Å². The number of thiophene rings is 1. The Morgan fingerprint density at radius 2 is 2.20 bits per heavy atom. The van der Waals surface area contributed by atoms with Crippen LogP contribution in [0.1, 0.15) is 32.4 Å². The number of hydrogen-bond acceptors (Lipinski definition) is 3. The molecule has 0 aromatic carbocycles. The highest BCUT2D eigenvalue weighted by atomic mass is 32.1. The number of hydrogen-bond donors (Lipinski definition) is 2. The Morgan fingerprint density at radius 1 is 1.47 bits per heavy atom. The van der Waals surface area contributed by atoms with Gasteiger partial charge in [0.1, 0.15) is 0 Å². The molecule has 3 nitrogen and oxygen atoms in total. The van der Waals surface area contributed by atoms with Gasteiger partial charge in [-0.15, -0.1) is 0 Å². The lowest BCUT2D eigenvalue weighted by atomic mass is 10.2. The first-order chi connectivity index (χ1) is 7.09. The van der Waals surface area contributed by atoms with E-state index in [1.807, 2.05) is 19.2 Å². The largest absolute Gasteiger partial charge is 0.353 e. The molecular formula is C11H18N2OS. The zero-order valence-electron chi connectivity index (χ0n) is 9.41. The molecule has 1 rings (SSSR count). The van der Waals surface area contributed by atoms with E-state index in [0.29, 0.717) is 6.54 Å². The topological polar surface area (TPSA) is 41.1 Å². The quantitative estimate of drug-likeness (QED) is 0.805. The van der Waals surface area contributed by atoms with Crippen LogP contribution in [0.25, 0.3) is 0 Å². The average molecular weight is 226 g/mol. The molecule has 0 bridgehead atoms. The van der Waals surface area contributed by atoms with E-state index in [2.05, 4.69) is 29.0 Å². The second-order valence-corrected chi connectivity index (χ2v) is 4.66. The van der Waals surface area contributed by atoms with Crippen molar-refractivity contribution >= 4 is 17.2 Å². The Labute approximate surface area is 94.9 Å². The zero-order valence-corrected chi connectivity index (χ0v) is 10.2. The zero-order chi connectivity index (χ0) is 11.3. The summed E-state index contributed by atoms with van der Waals surface area (Å²) in [6, 6.07) is 2.51. The number of amides is 1. The Hall–Kier alpha value is -0.870. The molecule has 1 amide bonds. The normalized spacial score (nSPS) is 12.8. The Bertz CT molecular complexity index is 296. The van der Waals surface area contributed by atoms with Gasteiger partial charge in [0.05, 0.1) is 6.54 Å². The Morgan fingerprint density at radius 3 is 2.73 bits per heavy atom. The van der Waals surface area contributed by atoms with E-state index >= 15 is 0 Å². The van der Waals surface area contributed by atoms with Crippen molar-refractivity contribution in [1.82, 2.24) is 10.6 Å². The van der Waals surface area contributed by atoms with E-state index in [1.54, 1.807) is 11.3 Å². The maximum atomic E-state index is 11.4. The Balaban J connectivity index is 2.28. The molecule has 1 unspecified atom stereocenters. The number of carbonyl (C=O) groups is 1. The van der Waals surface area contributed by atoms with Gasteiger partial charge in [0, 0.05) is 12.1 Å². The molecule has 84 valence electrons. The van der Waals surface area contributed by atoms with Crippen molar-refractivity contribution in [3.8, 4) is 0 Å². The van der Waals surface area contributed by atoms with Crippen molar-refractivity contribution in [3.63, 3.8) is 0 Å². The smallest absolute Gasteiger partial charge is 0.234 e. The maximum absolute atomic E-state index is 11.4. The van der Waals surface area contributed by atoms with Gasteiger partial charge in [0.2, 0.25) is 5.91 Å². The molecule has 1 aromatic heterocycles. The first-order valence-corrected chi connectivity index (χ1v) is 6.08. The van der Waals surface area contributed by atoms with Gasteiger partial charge in [-0.25, -0.2) is 0 Å². The standard InChI is InChI=1S/C11H18N2OS/c1-8(2)13-11(14)6-12-9(3)10-4-5-15-7-10/h4-5,7-9,12H,6H2,1-3H3,(H,13,14). The predicted octanol–water partition coefficient (Wildman–Crippen LogP) is 1.92. The van der Waals surface area contributed by atoms with Gasteiger partial charge in [0.15, 0.2) is 0 Å². The van der Waals surface area contributed by atoms with Crippen LogP contribution in [0.4, 0.5) is 0 Å². The molecule has 0 aliphatic rings. The van der Waals surface area contributed by atoms with Crippen LogP contribution in [0, 0.1) is 0 Å². The van der Waals surface area contributed by atoms with Crippen LogP contribution in [-0.4, -0.2) is 18.5 Å². The summed E-state index contributed by atoms with van der Waals surface area (Å²) in [7, 11) is 0. The Kier molecular flexibility index (Phi) is 4.78. The van der Waals surface area contributed by atoms with E-state index < -0.39 is 0 Å². The van der Waals surface area contributed by atoms with Crippen molar-refractivity contribution in [2.24, 2.45) is 0 Å². The fraction of sp³-hybridized carbons (Fsp3) is 0.545. The third-order valence-electron chi connectivity index (χ3n) is 2.06. The van der Waals surface area contributed by atoms with Crippen molar-refractivity contribution in [2.45, 2.75) is 32.9 Å². The highest BCUT2D eigenvalue weighted by Gasteiger charge is 2.08. The molecule has 1 atom stereocenters. The lowest BCUT2D eigenvalue weighted by Gasteiger charge is -2.13. The minimum absolute atomic E-state index is 0.0482. The van der Waals surface area contributed by atoms with Crippen LogP contribution in [-0.2, 0) is 4.79 Å². The molecule has 4 heteroatoms. The molecule has 0 saturated carbocycles. The van der Waals surface area contributed by atoms with Crippen molar-refractivity contribution < 1.29 is 4.79 Å². The van der Waals surface area contributed by atoms with Gasteiger partial charge in [-0.3, -0.25) is 4.79 Å². The minimum Gasteiger partial charge on any atom is -0.353 e. The first-order valence-electron chi connectivity index (χ1n) is 5.14. The molecule has 0 aliphatic heterocycles. The van der Waals surface area contributed by atoms with Crippen molar-refractivity contribution in [1.29, 1.82) is 0 Å². The summed E-state index contributed by atoms with van der Waals surface area (Å²) in [5.74, 6) is 0.0482. The molecule has 15 heavy (non-hydrogen) atoms. The molecule has 0 spiro atoms. The van der Waals surface area contributed by atoms with Gasteiger partial charge in [-0.2, -0.15) is 11.3 Å². The lowest BCUT2D eigenvalue weighted by Crippen LogP contribution is -2.38. The molecule has 0 radical (unpaired) electrons. The molecule has 0 saturated heterocycles. The second kappa shape index (κ2) is 5.88. The van der Waals surface area contributed by atoms with Crippen LogP contribution in [0.3, 0.4) is 0 Å². The SMILES string of the molecule is CC(C)NC(=O)CNC(C)c1ccsc1. The summed E-state index contributed by atoms with van der Waals surface area (Å²) >= 11 is 1.67. The monoisotopic (exact) mass is 226 g/mol. The van der Waals surface area contributed by atoms with Crippen LogP contribution in [0.5, 0.6) is 0 Å². The average Bonchev–Trinajstić information content (AvgIpc) is 2.65. The molecule has 1 heterocycles. The summed E-state index contributed by atoms with van der Waals surface area (Å²) in [4.78, 5) is 11.4. The minimum atomic E-state index is 0.0482. The van der Waals surface area contributed by atoms with E-state index in [-0.39, 0.29) is 18.0 Å². The van der Waals surface area contributed by atoms with E-state index in [4.69, 9.17) is 0 Å². The van der Waals surface area contributed by atoms with Gasteiger partial charge in [-0.1, -0.05) is 0 Å². The van der Waals surface area contributed by atoms with E-state index in [1.165, 1.54) is 5.56 Å². The molecule has 1 aromatic rings. The highest BCUT2D eigenvalue weighted by molar-refractivity contribution is 7.07. The van der Waals surface area contributed by atoms with Gasteiger partial charge >= 0.3 is 0 Å². The molecule has 0 fully saturated rings. The molecule has 0 aliphatic carbocycles. The van der Waals surface area contributed by atoms with Gasteiger partial charge in [-0.05, 0) is 43.2 Å². The molecule has 2 N–H and O–H groups in total. The van der Waals surface area contributed by atoms with Gasteiger partial charge < -0.3 is 10.6 Å². The second-order valence-electron chi connectivity index (χ2n) is 3.88. The number of carbonyl (C=O) groups excluding carboxylic acids is 1. The number of nitrogens with one attached hydrogen (secondary N) is 2. The maximum Gasteiger partial charge on any atom is 0.234 e.